The molecule has 88 valence electrons. The monoisotopic (exact) mass is 222 g/mol. The third-order valence-corrected chi connectivity index (χ3v) is 2.39. The number of nitrogens with one attached hydrogen (secondary N) is 1. The number of hydrogen-bond acceptors (Lipinski definition) is 7. The Labute approximate surface area is 87.5 Å². The van der Waals surface area contributed by atoms with Crippen molar-refractivity contribution in [2.75, 3.05) is 6.61 Å². The van der Waals surface area contributed by atoms with Crippen LogP contribution in [0.15, 0.2) is 0 Å². The van der Waals surface area contributed by atoms with Crippen LogP contribution in [0.5, 0.6) is 0 Å². The van der Waals surface area contributed by atoms with E-state index in [1.54, 1.807) is 0 Å². The van der Waals surface area contributed by atoms with E-state index in [9.17, 15) is 20.4 Å². The second-order valence-electron chi connectivity index (χ2n) is 3.46. The number of aliphatic hydroxyl groups excluding tert-OH is 4. The first-order valence-electron chi connectivity index (χ1n) is 4.91. The maximum atomic E-state index is 9.78. The van der Waals surface area contributed by atoms with Crippen LogP contribution in [-0.4, -0.2) is 68.5 Å². The second kappa shape index (κ2) is 4.52. The van der Waals surface area contributed by atoms with Gasteiger partial charge in [-0.1, -0.05) is 0 Å². The standard InChI is InChI=1S/C8H15NO6/c9-2-1-8(14)7(13)6(12)5(11)4(3-10)15-8/h2,4-7,9-14H,1,3H2/t4-,5-,6+,7-,8?/m1/s1/i2D. The Morgan fingerprint density at radius 2 is 2.00 bits per heavy atom. The lowest BCUT2D eigenvalue weighted by Gasteiger charge is -2.44. The molecule has 0 bridgehead atoms. The minimum absolute atomic E-state index is 0.644. The van der Waals surface area contributed by atoms with Gasteiger partial charge in [0.2, 0.25) is 0 Å². The maximum Gasteiger partial charge on any atom is 0.200 e. The van der Waals surface area contributed by atoms with E-state index in [1.807, 2.05) is 0 Å². The Hall–Kier alpha value is -0.570. The summed E-state index contributed by atoms with van der Waals surface area (Å²) >= 11 is 0. The van der Waals surface area contributed by atoms with Crippen molar-refractivity contribution in [3.8, 4) is 0 Å². The molecule has 0 aromatic carbocycles. The largest absolute Gasteiger partial charge is 0.394 e. The molecule has 0 radical (unpaired) electrons. The van der Waals surface area contributed by atoms with Gasteiger partial charge in [0.15, 0.2) is 5.79 Å². The van der Waals surface area contributed by atoms with Gasteiger partial charge in [-0.25, -0.2) is 0 Å². The van der Waals surface area contributed by atoms with E-state index >= 15 is 0 Å². The molecule has 0 saturated carbocycles. The lowest BCUT2D eigenvalue weighted by atomic mass is 9.91. The normalized spacial score (nSPS) is 47.4. The highest BCUT2D eigenvalue weighted by Crippen LogP contribution is 2.29. The zero-order valence-corrected chi connectivity index (χ0v) is 7.87. The lowest BCUT2D eigenvalue weighted by molar-refractivity contribution is -0.345. The molecule has 1 saturated heterocycles. The minimum atomic E-state index is -2.34. The predicted octanol–water partition coefficient (Wildman–Crippen LogP) is -2.81. The molecule has 0 aromatic rings. The number of ether oxygens (including phenoxy) is 1. The predicted molar refractivity (Wildman–Crippen MR) is 48.3 cm³/mol. The van der Waals surface area contributed by atoms with Gasteiger partial charge in [0.25, 0.3) is 0 Å². The van der Waals surface area contributed by atoms with Crippen LogP contribution in [0, 0.1) is 5.41 Å². The molecule has 1 aliphatic rings. The smallest absolute Gasteiger partial charge is 0.200 e. The van der Waals surface area contributed by atoms with Crippen molar-refractivity contribution < 1.29 is 31.6 Å². The van der Waals surface area contributed by atoms with E-state index in [0.29, 0.717) is 0 Å². The molecule has 7 nitrogen and oxygen atoms in total. The van der Waals surface area contributed by atoms with E-state index < -0.39 is 49.4 Å². The zero-order chi connectivity index (χ0) is 12.5. The van der Waals surface area contributed by atoms with Gasteiger partial charge in [0.05, 0.1) is 7.98 Å². The van der Waals surface area contributed by atoms with Gasteiger partial charge in [-0.2, -0.15) is 0 Å². The number of aliphatic hydroxyl groups is 5. The summed E-state index contributed by atoms with van der Waals surface area (Å²) in [5, 5.41) is 53.8. The summed E-state index contributed by atoms with van der Waals surface area (Å²) in [6, 6.07) is 0. The van der Waals surface area contributed by atoms with Crippen molar-refractivity contribution in [2.24, 2.45) is 0 Å². The molecule has 0 spiro atoms. The van der Waals surface area contributed by atoms with Crippen LogP contribution in [0.1, 0.15) is 7.79 Å². The van der Waals surface area contributed by atoms with Crippen LogP contribution in [0.3, 0.4) is 0 Å². The first kappa shape index (κ1) is 10.9. The van der Waals surface area contributed by atoms with Crippen LogP contribution < -0.4 is 0 Å². The Balaban J connectivity index is 2.89. The highest BCUT2D eigenvalue weighted by atomic mass is 16.7. The molecule has 0 aromatic heterocycles. The number of hydrogen-bond donors (Lipinski definition) is 6. The van der Waals surface area contributed by atoms with Crippen molar-refractivity contribution in [1.29, 1.82) is 5.41 Å². The third kappa shape index (κ3) is 2.17. The molecular formula is C8H15NO6. The molecule has 1 heterocycles. The van der Waals surface area contributed by atoms with Crippen molar-refractivity contribution in [3.05, 3.63) is 0 Å². The van der Waals surface area contributed by atoms with Crippen molar-refractivity contribution in [1.82, 2.24) is 0 Å². The number of rotatable bonds is 3. The Morgan fingerprint density at radius 3 is 2.47 bits per heavy atom. The summed E-state index contributed by atoms with van der Waals surface area (Å²) in [4.78, 5) is 0. The topological polar surface area (TPSA) is 134 Å². The zero-order valence-electron chi connectivity index (χ0n) is 8.87. The maximum absolute atomic E-state index is 9.78. The van der Waals surface area contributed by atoms with Gasteiger partial charge in [0.1, 0.15) is 24.4 Å². The average molecular weight is 222 g/mol. The molecule has 1 aliphatic heterocycles. The summed E-state index contributed by atoms with van der Waals surface area (Å²) in [6.45, 7) is -0.668. The molecule has 0 amide bonds. The summed E-state index contributed by atoms with van der Waals surface area (Å²) in [5.41, 5.74) is 0. The molecule has 0 aliphatic carbocycles. The highest BCUT2D eigenvalue weighted by molar-refractivity contribution is 5.54. The Kier molecular flexibility index (Phi) is 3.29. The van der Waals surface area contributed by atoms with Crippen molar-refractivity contribution in [3.63, 3.8) is 0 Å². The van der Waals surface area contributed by atoms with E-state index in [1.165, 1.54) is 0 Å². The van der Waals surface area contributed by atoms with Gasteiger partial charge in [-0.05, 0) is 0 Å². The van der Waals surface area contributed by atoms with E-state index in [4.69, 9.17) is 16.6 Å². The SMILES string of the molecule is [2H]C(=N)CC1(O)O[C@H](CO)[C@@H](O)[C@H](O)[C@H]1O. The second-order valence-corrected chi connectivity index (χ2v) is 3.46. The van der Waals surface area contributed by atoms with Crippen LogP contribution in [0.4, 0.5) is 0 Å². The molecule has 15 heavy (non-hydrogen) atoms. The quantitative estimate of drug-likeness (QED) is 0.285. The fourth-order valence-electron chi connectivity index (χ4n) is 1.49. The average Bonchev–Trinajstić information content (AvgIpc) is 2.20. The summed E-state index contributed by atoms with van der Waals surface area (Å²) in [7, 11) is 0. The molecule has 1 rings (SSSR count). The molecule has 6 N–H and O–H groups in total. The van der Waals surface area contributed by atoms with Crippen LogP contribution in [-0.2, 0) is 4.74 Å². The van der Waals surface area contributed by atoms with E-state index in [-0.39, 0.29) is 0 Å². The molecular weight excluding hydrogens is 206 g/mol. The molecule has 1 unspecified atom stereocenters. The van der Waals surface area contributed by atoms with Crippen LogP contribution in [0.25, 0.3) is 0 Å². The van der Waals surface area contributed by atoms with Crippen molar-refractivity contribution in [2.45, 2.75) is 36.6 Å². The molecule has 5 atom stereocenters. The summed E-state index contributed by atoms with van der Waals surface area (Å²) in [6.07, 6.45) is -7.73. The molecule has 1 fully saturated rings. The van der Waals surface area contributed by atoms with Gasteiger partial charge < -0.3 is 35.7 Å². The van der Waals surface area contributed by atoms with Gasteiger partial charge >= 0.3 is 0 Å². The fraction of sp³-hybridized carbons (Fsp3) is 0.875. The van der Waals surface area contributed by atoms with Crippen LogP contribution >= 0.6 is 0 Å². The lowest BCUT2D eigenvalue weighted by Crippen LogP contribution is -2.65. The van der Waals surface area contributed by atoms with Gasteiger partial charge in [0, 0.05) is 12.6 Å². The molecule has 7 heteroatoms. The fourth-order valence-corrected chi connectivity index (χ4v) is 1.49. The van der Waals surface area contributed by atoms with Gasteiger partial charge in [-0.15, -0.1) is 0 Å². The third-order valence-electron chi connectivity index (χ3n) is 2.39. The van der Waals surface area contributed by atoms with Crippen molar-refractivity contribution >= 4 is 6.19 Å². The van der Waals surface area contributed by atoms with E-state index in [2.05, 4.69) is 0 Å². The highest BCUT2D eigenvalue weighted by Gasteiger charge is 2.51. The van der Waals surface area contributed by atoms with Gasteiger partial charge in [-0.3, -0.25) is 0 Å². The minimum Gasteiger partial charge on any atom is -0.394 e. The Morgan fingerprint density at radius 1 is 1.40 bits per heavy atom. The van der Waals surface area contributed by atoms with E-state index in [0.717, 1.165) is 0 Å². The Bertz CT molecular complexity index is 275. The first-order chi connectivity index (χ1) is 7.31. The van der Waals surface area contributed by atoms with Crippen LogP contribution in [0.2, 0.25) is 0 Å². The summed E-state index contributed by atoms with van der Waals surface area (Å²) in [5.74, 6) is -2.34. The first-order valence-corrected chi connectivity index (χ1v) is 4.41. The summed E-state index contributed by atoms with van der Waals surface area (Å²) < 4.78 is 11.7.